The van der Waals surface area contributed by atoms with Crippen LogP contribution in [-0.4, -0.2) is 117 Å². The number of nitrogens with zero attached hydrogens (tertiary/aromatic N) is 8. The maximum absolute atomic E-state index is 13.7. The van der Waals surface area contributed by atoms with Crippen LogP contribution in [-0.2, 0) is 35.1 Å². The molecule has 14 nitrogen and oxygen atoms in total. The van der Waals surface area contributed by atoms with Crippen LogP contribution in [0.15, 0.2) is 48.8 Å². The molecule has 2 aromatic carbocycles. The zero-order chi connectivity index (χ0) is 34.0. The van der Waals surface area contributed by atoms with Crippen LogP contribution in [0.4, 0.5) is 11.4 Å². The minimum Gasteiger partial charge on any atom is -0.458 e. The van der Waals surface area contributed by atoms with Crippen molar-refractivity contribution in [1.29, 1.82) is 0 Å². The summed E-state index contributed by atoms with van der Waals surface area (Å²) in [7, 11) is 0. The standard InChI is InChI=1S/C33H39ClN8O6/c1-33(2,3)48-32(46)28(18-22-4-7-25(8-5-22)39-13-12-38(20-29(39)43)24-10-16-47-17-11-24)41-15-14-40(30(44)31(41)45)27-19-23(34)6-9-26(27)42-21-35-36-37-42/h4-9,19,21,24,28H,10-18,20H2,1-3H3/t28-/m0/s1. The van der Waals surface area contributed by atoms with E-state index in [0.29, 0.717) is 35.5 Å². The molecule has 3 fully saturated rings. The van der Waals surface area contributed by atoms with Gasteiger partial charge in [-0.25, -0.2) is 4.79 Å². The number of benzene rings is 2. The first kappa shape index (κ1) is 33.5. The normalized spacial score (nSPS) is 19.2. The summed E-state index contributed by atoms with van der Waals surface area (Å²) in [5.74, 6) is -2.24. The number of ether oxygens (including phenoxy) is 2. The molecule has 3 aromatic rings. The Morgan fingerprint density at radius 3 is 2.35 bits per heavy atom. The van der Waals surface area contributed by atoms with Crippen molar-refractivity contribution in [3.8, 4) is 5.69 Å². The van der Waals surface area contributed by atoms with Crippen LogP contribution in [0.1, 0.15) is 39.2 Å². The number of carbonyl (C=O) groups is 4. The van der Waals surface area contributed by atoms with Gasteiger partial charge in [-0.05, 0) is 79.9 Å². The Bertz CT molecular complexity index is 1660. The fraction of sp³-hybridized carbons (Fsp3) is 0.485. The topological polar surface area (TPSA) is 143 Å². The highest BCUT2D eigenvalue weighted by molar-refractivity contribution is 6.41. The van der Waals surface area contributed by atoms with Crippen molar-refractivity contribution in [2.45, 2.75) is 57.7 Å². The molecule has 0 spiro atoms. The van der Waals surface area contributed by atoms with Crippen molar-refractivity contribution in [2.24, 2.45) is 0 Å². The van der Waals surface area contributed by atoms with Gasteiger partial charge in [0.25, 0.3) is 0 Å². The van der Waals surface area contributed by atoms with Crippen molar-refractivity contribution in [1.82, 2.24) is 30.0 Å². The maximum Gasteiger partial charge on any atom is 0.329 e. The van der Waals surface area contributed by atoms with E-state index in [1.807, 2.05) is 24.3 Å². The summed E-state index contributed by atoms with van der Waals surface area (Å²) >= 11 is 6.28. The smallest absolute Gasteiger partial charge is 0.329 e. The van der Waals surface area contributed by atoms with Gasteiger partial charge in [-0.15, -0.1) is 5.10 Å². The Balaban J connectivity index is 1.18. The van der Waals surface area contributed by atoms with E-state index in [4.69, 9.17) is 21.1 Å². The number of anilines is 2. The van der Waals surface area contributed by atoms with E-state index >= 15 is 0 Å². The highest BCUT2D eigenvalue weighted by Gasteiger charge is 2.42. The minimum atomic E-state index is -1.06. The van der Waals surface area contributed by atoms with Gasteiger partial charge in [0.2, 0.25) is 5.91 Å². The Labute approximate surface area is 283 Å². The molecule has 0 bridgehead atoms. The number of carbonyl (C=O) groups excluding carboxylic acids is 4. The first-order valence-corrected chi connectivity index (χ1v) is 16.5. The highest BCUT2D eigenvalue weighted by Crippen LogP contribution is 2.30. The van der Waals surface area contributed by atoms with E-state index in [0.717, 1.165) is 43.9 Å². The fourth-order valence-electron chi connectivity index (χ4n) is 6.41. The lowest BCUT2D eigenvalue weighted by molar-refractivity contribution is -0.166. The number of tetrazole rings is 1. The molecular formula is C33H39ClN8O6. The number of hydrogen-bond acceptors (Lipinski definition) is 10. The van der Waals surface area contributed by atoms with Crippen molar-refractivity contribution < 1.29 is 28.7 Å². The van der Waals surface area contributed by atoms with E-state index in [9.17, 15) is 19.2 Å². The number of piperazine rings is 2. The van der Waals surface area contributed by atoms with Crippen LogP contribution in [0, 0.1) is 0 Å². The molecule has 3 aliphatic heterocycles. The second-order valence-electron chi connectivity index (χ2n) is 13.1. The van der Waals surface area contributed by atoms with Gasteiger partial charge in [-0.1, -0.05) is 23.7 Å². The summed E-state index contributed by atoms with van der Waals surface area (Å²) in [6.07, 6.45) is 3.37. The van der Waals surface area contributed by atoms with Gasteiger partial charge in [0.15, 0.2) is 0 Å². The van der Waals surface area contributed by atoms with Crippen LogP contribution in [0.2, 0.25) is 5.02 Å². The largest absolute Gasteiger partial charge is 0.458 e. The molecular weight excluding hydrogens is 640 g/mol. The molecule has 1 aromatic heterocycles. The SMILES string of the molecule is CC(C)(C)OC(=O)[C@H](Cc1ccc(N2CCN(C3CCOCC3)CC2=O)cc1)N1CCN(c2cc(Cl)ccc2-n2cnnn2)C(=O)C1=O. The average Bonchev–Trinajstić information content (AvgIpc) is 3.60. The molecule has 3 amide bonds. The third-order valence-corrected chi connectivity index (χ3v) is 9.00. The first-order valence-electron chi connectivity index (χ1n) is 16.1. The molecule has 48 heavy (non-hydrogen) atoms. The molecule has 0 unspecified atom stereocenters. The van der Waals surface area contributed by atoms with Crippen molar-refractivity contribution in [2.75, 3.05) is 55.7 Å². The summed E-state index contributed by atoms with van der Waals surface area (Å²) in [4.78, 5) is 60.7. The van der Waals surface area contributed by atoms with Gasteiger partial charge in [-0.2, -0.15) is 4.68 Å². The Morgan fingerprint density at radius 2 is 1.69 bits per heavy atom. The van der Waals surface area contributed by atoms with Crippen molar-refractivity contribution in [3.63, 3.8) is 0 Å². The lowest BCUT2D eigenvalue weighted by atomic mass is 10.0. The number of aromatic nitrogens is 4. The second-order valence-corrected chi connectivity index (χ2v) is 13.6. The minimum absolute atomic E-state index is 0.0389. The molecule has 3 saturated heterocycles. The monoisotopic (exact) mass is 678 g/mol. The molecule has 6 rings (SSSR count). The molecule has 3 aliphatic rings. The summed E-state index contributed by atoms with van der Waals surface area (Å²) in [5.41, 5.74) is 1.53. The van der Waals surface area contributed by atoms with Gasteiger partial charge >= 0.3 is 17.8 Å². The maximum atomic E-state index is 13.7. The van der Waals surface area contributed by atoms with Crippen LogP contribution >= 0.6 is 11.6 Å². The average molecular weight is 679 g/mol. The number of hydrogen-bond donors (Lipinski definition) is 0. The molecule has 15 heteroatoms. The second kappa shape index (κ2) is 14.0. The fourth-order valence-corrected chi connectivity index (χ4v) is 6.57. The Hall–Kier alpha value is -4.40. The summed E-state index contributed by atoms with van der Waals surface area (Å²) < 4.78 is 12.6. The van der Waals surface area contributed by atoms with Crippen LogP contribution in [0.3, 0.4) is 0 Å². The Morgan fingerprint density at radius 1 is 0.958 bits per heavy atom. The van der Waals surface area contributed by atoms with Crippen LogP contribution in [0.5, 0.6) is 0 Å². The lowest BCUT2D eigenvalue weighted by Gasteiger charge is -2.40. The molecule has 0 radical (unpaired) electrons. The third kappa shape index (κ3) is 7.35. The predicted molar refractivity (Wildman–Crippen MR) is 176 cm³/mol. The summed E-state index contributed by atoms with van der Waals surface area (Å²) in [5, 5.41) is 11.6. The van der Waals surface area contributed by atoms with E-state index in [-0.39, 0.29) is 25.4 Å². The number of rotatable bonds is 8. The molecule has 4 heterocycles. The first-order chi connectivity index (χ1) is 23.0. The summed E-state index contributed by atoms with van der Waals surface area (Å²) in [6, 6.07) is 11.6. The number of halogens is 1. The third-order valence-electron chi connectivity index (χ3n) is 8.77. The lowest BCUT2D eigenvalue weighted by Crippen LogP contribution is -2.60. The molecule has 254 valence electrons. The quantitative estimate of drug-likeness (QED) is 0.257. The van der Waals surface area contributed by atoms with Gasteiger partial charge < -0.3 is 24.2 Å². The molecule has 0 N–H and O–H groups in total. The van der Waals surface area contributed by atoms with E-state index in [1.54, 1.807) is 43.9 Å². The molecule has 1 atom stereocenters. The molecule has 0 aliphatic carbocycles. The zero-order valence-electron chi connectivity index (χ0n) is 27.2. The van der Waals surface area contributed by atoms with Gasteiger partial charge in [0.05, 0.1) is 17.9 Å². The predicted octanol–water partition coefficient (Wildman–Crippen LogP) is 2.27. The van der Waals surface area contributed by atoms with Gasteiger partial charge in [0, 0.05) is 62.6 Å². The van der Waals surface area contributed by atoms with Crippen LogP contribution in [0.25, 0.3) is 5.69 Å². The Kier molecular flexibility index (Phi) is 9.76. The van der Waals surface area contributed by atoms with Crippen molar-refractivity contribution >= 4 is 46.7 Å². The van der Waals surface area contributed by atoms with E-state index < -0.39 is 29.4 Å². The summed E-state index contributed by atoms with van der Waals surface area (Å²) in [6.45, 7) is 8.60. The molecule has 0 saturated carbocycles. The number of esters is 1. The van der Waals surface area contributed by atoms with Gasteiger partial charge in [0.1, 0.15) is 18.0 Å². The van der Waals surface area contributed by atoms with E-state index in [1.165, 1.54) is 20.8 Å². The highest BCUT2D eigenvalue weighted by atomic mass is 35.5. The zero-order valence-corrected chi connectivity index (χ0v) is 28.0. The van der Waals surface area contributed by atoms with Gasteiger partial charge in [-0.3, -0.25) is 19.3 Å². The van der Waals surface area contributed by atoms with Crippen LogP contribution < -0.4 is 9.80 Å². The van der Waals surface area contributed by atoms with E-state index in [2.05, 4.69) is 20.4 Å². The van der Waals surface area contributed by atoms with Crippen molar-refractivity contribution in [3.05, 3.63) is 59.4 Å². The number of amides is 3.